The molecule has 0 aliphatic carbocycles. The van der Waals surface area contributed by atoms with Crippen LogP contribution >= 0.6 is 24.0 Å². The summed E-state index contributed by atoms with van der Waals surface area (Å²) in [5, 5.41) is 6.81. The third-order valence-electron chi connectivity index (χ3n) is 4.23. The highest BCUT2D eigenvalue weighted by molar-refractivity contribution is 14.0. The van der Waals surface area contributed by atoms with Crippen LogP contribution in [0.25, 0.3) is 0 Å². The van der Waals surface area contributed by atoms with E-state index in [1.165, 1.54) is 11.1 Å². The first-order valence-corrected chi connectivity index (χ1v) is 8.50. The fourth-order valence-corrected chi connectivity index (χ4v) is 2.72. The van der Waals surface area contributed by atoms with E-state index in [2.05, 4.69) is 58.6 Å². The Balaban J connectivity index is 0.00000288. The average molecular weight is 446 g/mol. The van der Waals surface area contributed by atoms with Gasteiger partial charge in [0.05, 0.1) is 13.2 Å². The molecule has 24 heavy (non-hydrogen) atoms. The van der Waals surface area contributed by atoms with Crippen LogP contribution < -0.4 is 10.6 Å². The van der Waals surface area contributed by atoms with Crippen LogP contribution in [-0.4, -0.2) is 63.8 Å². The minimum Gasteiger partial charge on any atom is -0.379 e. The van der Waals surface area contributed by atoms with Crippen LogP contribution in [0.1, 0.15) is 24.0 Å². The molecule has 0 bridgehead atoms. The standard InChI is InChI=1S/C18H30N4O.HI/c1-15-5-4-6-17(13-15)16(2)14-21-18(19-3)20-7-8-22-9-11-23-12-10-22;/h4-6,13,16H,7-12,14H2,1-3H3,(H2,19,20,21);1H. The number of halogens is 1. The van der Waals surface area contributed by atoms with Crippen molar-refractivity contribution in [3.05, 3.63) is 35.4 Å². The molecule has 0 amide bonds. The van der Waals surface area contributed by atoms with E-state index in [0.29, 0.717) is 5.92 Å². The van der Waals surface area contributed by atoms with Gasteiger partial charge in [0.2, 0.25) is 0 Å². The Kier molecular flexibility index (Phi) is 10.3. The number of aryl methyl sites for hydroxylation is 1. The van der Waals surface area contributed by atoms with Crippen LogP contribution in [0.5, 0.6) is 0 Å². The van der Waals surface area contributed by atoms with Crippen molar-refractivity contribution in [3.63, 3.8) is 0 Å². The maximum Gasteiger partial charge on any atom is 0.191 e. The Labute approximate surface area is 163 Å². The molecule has 1 heterocycles. The van der Waals surface area contributed by atoms with E-state index in [1.807, 2.05) is 7.05 Å². The van der Waals surface area contributed by atoms with Crippen molar-refractivity contribution in [3.8, 4) is 0 Å². The maximum atomic E-state index is 5.37. The Morgan fingerprint density at radius 1 is 1.29 bits per heavy atom. The molecule has 1 aliphatic rings. The lowest BCUT2D eigenvalue weighted by Gasteiger charge is -2.26. The lowest BCUT2D eigenvalue weighted by atomic mass is 9.99. The molecule has 1 unspecified atom stereocenters. The molecule has 1 saturated heterocycles. The van der Waals surface area contributed by atoms with Crippen molar-refractivity contribution in [2.24, 2.45) is 4.99 Å². The molecule has 0 radical (unpaired) electrons. The van der Waals surface area contributed by atoms with Gasteiger partial charge in [0.15, 0.2) is 5.96 Å². The number of morpholine rings is 1. The zero-order valence-corrected chi connectivity index (χ0v) is 17.4. The van der Waals surface area contributed by atoms with E-state index in [-0.39, 0.29) is 24.0 Å². The summed E-state index contributed by atoms with van der Waals surface area (Å²) >= 11 is 0. The number of hydrogen-bond acceptors (Lipinski definition) is 3. The van der Waals surface area contributed by atoms with Gasteiger partial charge in [-0.1, -0.05) is 36.8 Å². The van der Waals surface area contributed by atoms with Crippen molar-refractivity contribution in [1.82, 2.24) is 15.5 Å². The monoisotopic (exact) mass is 446 g/mol. The lowest BCUT2D eigenvalue weighted by Crippen LogP contribution is -2.45. The van der Waals surface area contributed by atoms with Gasteiger partial charge in [-0.3, -0.25) is 9.89 Å². The predicted octanol–water partition coefficient (Wildman–Crippen LogP) is 2.21. The second-order valence-electron chi connectivity index (χ2n) is 6.15. The SMILES string of the molecule is CN=C(NCCN1CCOCC1)NCC(C)c1cccc(C)c1.I. The number of hydrogen-bond donors (Lipinski definition) is 2. The first kappa shape index (κ1) is 21.2. The highest BCUT2D eigenvalue weighted by Crippen LogP contribution is 2.15. The first-order chi connectivity index (χ1) is 11.2. The zero-order chi connectivity index (χ0) is 16.5. The molecular weight excluding hydrogens is 415 g/mol. The van der Waals surface area contributed by atoms with Gasteiger partial charge in [0.25, 0.3) is 0 Å². The first-order valence-electron chi connectivity index (χ1n) is 8.50. The van der Waals surface area contributed by atoms with Crippen LogP contribution in [0, 0.1) is 6.92 Å². The van der Waals surface area contributed by atoms with Crippen molar-refractivity contribution >= 4 is 29.9 Å². The van der Waals surface area contributed by atoms with E-state index in [4.69, 9.17) is 4.74 Å². The molecule has 6 heteroatoms. The molecule has 1 atom stereocenters. The fraction of sp³-hybridized carbons (Fsp3) is 0.611. The van der Waals surface area contributed by atoms with Gasteiger partial charge in [0.1, 0.15) is 0 Å². The molecular formula is C18H31IN4O. The Bertz CT molecular complexity index is 504. The topological polar surface area (TPSA) is 48.9 Å². The minimum atomic E-state index is 0. The van der Waals surface area contributed by atoms with Crippen molar-refractivity contribution in [1.29, 1.82) is 0 Å². The largest absolute Gasteiger partial charge is 0.379 e. The van der Waals surface area contributed by atoms with Gasteiger partial charge in [-0.15, -0.1) is 24.0 Å². The number of nitrogens with one attached hydrogen (secondary N) is 2. The van der Waals surface area contributed by atoms with Gasteiger partial charge in [-0.2, -0.15) is 0 Å². The number of nitrogens with zero attached hydrogens (tertiary/aromatic N) is 2. The second-order valence-corrected chi connectivity index (χ2v) is 6.15. The molecule has 5 nitrogen and oxygen atoms in total. The molecule has 1 fully saturated rings. The summed E-state index contributed by atoms with van der Waals surface area (Å²) in [6.45, 7) is 10.9. The van der Waals surface area contributed by atoms with Crippen LogP contribution in [-0.2, 0) is 4.74 Å². The predicted molar refractivity (Wildman–Crippen MR) is 112 cm³/mol. The average Bonchev–Trinajstić information content (AvgIpc) is 2.58. The summed E-state index contributed by atoms with van der Waals surface area (Å²) in [5.41, 5.74) is 2.67. The van der Waals surface area contributed by atoms with Crippen LogP contribution in [0.3, 0.4) is 0 Å². The molecule has 1 aromatic rings. The normalized spacial score (nSPS) is 17.0. The Morgan fingerprint density at radius 2 is 2.04 bits per heavy atom. The number of ether oxygens (including phenoxy) is 1. The van der Waals surface area contributed by atoms with Gasteiger partial charge in [-0.25, -0.2) is 0 Å². The van der Waals surface area contributed by atoms with Crippen molar-refractivity contribution in [2.45, 2.75) is 19.8 Å². The molecule has 2 N–H and O–H groups in total. The maximum absolute atomic E-state index is 5.37. The van der Waals surface area contributed by atoms with Crippen molar-refractivity contribution in [2.75, 3.05) is 53.0 Å². The van der Waals surface area contributed by atoms with Crippen LogP contribution in [0.2, 0.25) is 0 Å². The Hall–Kier alpha value is -0.860. The van der Waals surface area contributed by atoms with Crippen LogP contribution in [0.4, 0.5) is 0 Å². The van der Waals surface area contributed by atoms with Gasteiger partial charge in [0, 0.05) is 39.8 Å². The number of benzene rings is 1. The quantitative estimate of drug-likeness (QED) is 0.400. The van der Waals surface area contributed by atoms with Crippen molar-refractivity contribution < 1.29 is 4.74 Å². The van der Waals surface area contributed by atoms with E-state index in [1.54, 1.807) is 0 Å². The smallest absolute Gasteiger partial charge is 0.191 e. The summed E-state index contributed by atoms with van der Waals surface area (Å²) in [7, 11) is 1.82. The third kappa shape index (κ3) is 7.36. The number of rotatable bonds is 6. The minimum absolute atomic E-state index is 0. The summed E-state index contributed by atoms with van der Waals surface area (Å²) in [5.74, 6) is 1.32. The summed E-state index contributed by atoms with van der Waals surface area (Å²) in [4.78, 5) is 6.72. The summed E-state index contributed by atoms with van der Waals surface area (Å²) in [6.07, 6.45) is 0. The van der Waals surface area contributed by atoms with E-state index < -0.39 is 0 Å². The Morgan fingerprint density at radius 3 is 2.71 bits per heavy atom. The molecule has 1 aromatic carbocycles. The molecule has 1 aliphatic heterocycles. The fourth-order valence-electron chi connectivity index (χ4n) is 2.72. The summed E-state index contributed by atoms with van der Waals surface area (Å²) in [6, 6.07) is 8.70. The van der Waals surface area contributed by atoms with Gasteiger partial charge >= 0.3 is 0 Å². The summed E-state index contributed by atoms with van der Waals surface area (Å²) < 4.78 is 5.37. The molecule has 0 saturated carbocycles. The molecule has 2 rings (SSSR count). The number of aliphatic imine (C=N–C) groups is 1. The highest BCUT2D eigenvalue weighted by atomic mass is 127. The van der Waals surface area contributed by atoms with E-state index in [0.717, 1.165) is 51.9 Å². The second kappa shape index (κ2) is 11.7. The van der Waals surface area contributed by atoms with Gasteiger partial charge < -0.3 is 15.4 Å². The zero-order valence-electron chi connectivity index (χ0n) is 15.0. The molecule has 0 spiro atoms. The molecule has 136 valence electrons. The van der Waals surface area contributed by atoms with E-state index in [9.17, 15) is 0 Å². The number of guanidine groups is 1. The molecule has 0 aromatic heterocycles. The van der Waals surface area contributed by atoms with Gasteiger partial charge in [-0.05, 0) is 18.4 Å². The van der Waals surface area contributed by atoms with Crippen LogP contribution in [0.15, 0.2) is 29.3 Å². The highest BCUT2D eigenvalue weighted by Gasteiger charge is 2.10. The third-order valence-corrected chi connectivity index (χ3v) is 4.23. The lowest BCUT2D eigenvalue weighted by molar-refractivity contribution is 0.0389. The van der Waals surface area contributed by atoms with E-state index >= 15 is 0 Å².